The highest BCUT2D eigenvalue weighted by molar-refractivity contribution is 7.12. The number of nitrogens with zero attached hydrogens (tertiary/aromatic N) is 1. The molecule has 1 amide bonds. The Labute approximate surface area is 151 Å². The Bertz CT molecular complexity index is 861. The average molecular weight is 348 g/mol. The van der Waals surface area contributed by atoms with Crippen molar-refractivity contribution in [3.8, 4) is 0 Å². The quantitative estimate of drug-likeness (QED) is 0.693. The van der Waals surface area contributed by atoms with Crippen LogP contribution in [0.25, 0.3) is 0 Å². The zero-order valence-electron chi connectivity index (χ0n) is 14.1. The number of carbonyl (C=O) groups excluding carboxylic acids is 1. The van der Waals surface area contributed by atoms with Crippen LogP contribution in [0.4, 0.5) is 11.4 Å². The minimum atomic E-state index is 0.0908. The predicted molar refractivity (Wildman–Crippen MR) is 104 cm³/mol. The van der Waals surface area contributed by atoms with Crippen LogP contribution in [0.15, 0.2) is 72.1 Å². The van der Waals surface area contributed by atoms with Gasteiger partial charge < -0.3 is 10.2 Å². The molecule has 2 heterocycles. The third kappa shape index (κ3) is 3.05. The highest BCUT2D eigenvalue weighted by Gasteiger charge is 2.34. The maximum Gasteiger partial charge on any atom is 0.268 e. The van der Waals surface area contributed by atoms with Gasteiger partial charge in [-0.05, 0) is 48.6 Å². The number of para-hydroxylation sites is 2. The number of benzene rings is 2. The number of rotatable bonds is 3. The van der Waals surface area contributed by atoms with E-state index in [0.717, 1.165) is 22.7 Å². The summed E-state index contributed by atoms with van der Waals surface area (Å²) in [5, 5.41) is 5.58. The van der Waals surface area contributed by atoms with E-state index >= 15 is 0 Å². The van der Waals surface area contributed by atoms with Crippen molar-refractivity contribution in [3.63, 3.8) is 0 Å². The zero-order valence-corrected chi connectivity index (χ0v) is 14.9. The van der Waals surface area contributed by atoms with Gasteiger partial charge in [0.05, 0.1) is 10.9 Å². The van der Waals surface area contributed by atoms with E-state index in [-0.39, 0.29) is 18.0 Å². The van der Waals surface area contributed by atoms with Crippen molar-refractivity contribution in [2.45, 2.75) is 25.4 Å². The van der Waals surface area contributed by atoms with E-state index in [1.165, 1.54) is 16.9 Å². The number of hydrogen-bond acceptors (Lipinski definition) is 3. The van der Waals surface area contributed by atoms with Gasteiger partial charge in [-0.3, -0.25) is 4.79 Å². The lowest BCUT2D eigenvalue weighted by atomic mass is 9.91. The molecule has 2 aromatic carbocycles. The number of hydrogen-bond donors (Lipinski definition) is 1. The van der Waals surface area contributed by atoms with Crippen molar-refractivity contribution in [3.05, 3.63) is 82.6 Å². The number of nitrogens with one attached hydrogen (secondary N) is 1. The minimum Gasteiger partial charge on any atom is -0.378 e. The molecule has 0 radical (unpaired) electrons. The first-order valence-electron chi connectivity index (χ1n) is 8.51. The standard InChI is InChI=1S/C21H20N2OS/c1-15-14-18(22-16-8-3-2-4-9-16)17-10-5-6-11-19(17)23(15)21(24)20-12-7-13-25-20/h2-13,15,18,22H,14H2,1H3/t15-,18+/m1/s1. The average Bonchev–Trinajstić information content (AvgIpc) is 3.17. The summed E-state index contributed by atoms with van der Waals surface area (Å²) in [5.74, 6) is 0.0908. The van der Waals surface area contributed by atoms with Crippen LogP contribution in [-0.4, -0.2) is 11.9 Å². The molecule has 0 saturated carbocycles. The van der Waals surface area contributed by atoms with Crippen LogP contribution in [0.2, 0.25) is 0 Å². The summed E-state index contributed by atoms with van der Waals surface area (Å²) in [6.45, 7) is 2.13. The molecular formula is C21H20N2OS. The van der Waals surface area contributed by atoms with Crippen molar-refractivity contribution < 1.29 is 4.79 Å². The van der Waals surface area contributed by atoms with Gasteiger partial charge >= 0.3 is 0 Å². The molecule has 1 aromatic heterocycles. The van der Waals surface area contributed by atoms with Gasteiger partial charge in [0.1, 0.15) is 0 Å². The molecule has 0 saturated heterocycles. The zero-order chi connectivity index (χ0) is 17.2. The molecule has 126 valence electrons. The van der Waals surface area contributed by atoms with Gasteiger partial charge in [0, 0.05) is 17.4 Å². The first kappa shape index (κ1) is 15.9. The maximum atomic E-state index is 13.0. The van der Waals surface area contributed by atoms with Crippen molar-refractivity contribution in [1.29, 1.82) is 0 Å². The third-order valence-electron chi connectivity index (χ3n) is 4.65. The van der Waals surface area contributed by atoms with Crippen molar-refractivity contribution in [2.75, 3.05) is 10.2 Å². The molecular weight excluding hydrogens is 328 g/mol. The first-order valence-corrected chi connectivity index (χ1v) is 9.39. The minimum absolute atomic E-state index is 0.0908. The summed E-state index contributed by atoms with van der Waals surface area (Å²) in [4.78, 5) is 15.8. The lowest BCUT2D eigenvalue weighted by molar-refractivity contribution is 0.0978. The van der Waals surface area contributed by atoms with E-state index in [2.05, 4.69) is 36.5 Å². The highest BCUT2D eigenvalue weighted by atomic mass is 32.1. The smallest absolute Gasteiger partial charge is 0.268 e. The van der Waals surface area contributed by atoms with Gasteiger partial charge in [-0.15, -0.1) is 11.3 Å². The highest BCUT2D eigenvalue weighted by Crippen LogP contribution is 2.39. The summed E-state index contributed by atoms with van der Waals surface area (Å²) in [5.41, 5.74) is 3.29. The molecule has 3 nitrogen and oxygen atoms in total. The van der Waals surface area contributed by atoms with Crippen LogP contribution in [0, 0.1) is 0 Å². The van der Waals surface area contributed by atoms with Crippen LogP contribution >= 0.6 is 11.3 Å². The number of carbonyl (C=O) groups is 1. The first-order chi connectivity index (χ1) is 12.2. The molecule has 1 aliphatic rings. The molecule has 0 unspecified atom stereocenters. The topological polar surface area (TPSA) is 32.3 Å². The van der Waals surface area contributed by atoms with E-state index < -0.39 is 0 Å². The fourth-order valence-corrected chi connectivity index (χ4v) is 4.17. The Morgan fingerprint density at radius 3 is 2.56 bits per heavy atom. The predicted octanol–water partition coefficient (Wildman–Crippen LogP) is 5.34. The summed E-state index contributed by atoms with van der Waals surface area (Å²) >= 11 is 1.50. The molecule has 4 heteroatoms. The second kappa shape index (κ2) is 6.73. The molecule has 0 bridgehead atoms. The monoisotopic (exact) mass is 348 g/mol. The van der Waals surface area contributed by atoms with Crippen molar-refractivity contribution in [1.82, 2.24) is 0 Å². The van der Waals surface area contributed by atoms with Gasteiger partial charge in [-0.25, -0.2) is 0 Å². The van der Waals surface area contributed by atoms with Gasteiger partial charge in [-0.2, -0.15) is 0 Å². The molecule has 0 fully saturated rings. The van der Waals surface area contributed by atoms with Gasteiger partial charge in [-0.1, -0.05) is 42.5 Å². The summed E-state index contributed by atoms with van der Waals surface area (Å²) in [6, 6.07) is 22.6. The largest absolute Gasteiger partial charge is 0.378 e. The number of fused-ring (bicyclic) bond motifs is 1. The second-order valence-electron chi connectivity index (χ2n) is 6.36. The van der Waals surface area contributed by atoms with Crippen LogP contribution in [0.1, 0.15) is 34.6 Å². The summed E-state index contributed by atoms with van der Waals surface area (Å²) in [7, 11) is 0. The van der Waals surface area contributed by atoms with Crippen LogP contribution in [-0.2, 0) is 0 Å². The Hall–Kier alpha value is -2.59. The fourth-order valence-electron chi connectivity index (χ4n) is 3.51. The normalized spacial score (nSPS) is 19.3. The van der Waals surface area contributed by atoms with E-state index in [1.807, 2.05) is 52.7 Å². The molecule has 1 aliphatic heterocycles. The molecule has 1 N–H and O–H groups in total. The molecule has 2 atom stereocenters. The van der Waals surface area contributed by atoms with Gasteiger partial charge in [0.25, 0.3) is 5.91 Å². The van der Waals surface area contributed by atoms with Crippen LogP contribution < -0.4 is 10.2 Å². The molecule has 4 rings (SSSR count). The molecule has 25 heavy (non-hydrogen) atoms. The SMILES string of the molecule is C[C@@H]1C[C@H](Nc2ccccc2)c2ccccc2N1C(=O)c1cccs1. The van der Waals surface area contributed by atoms with E-state index in [0.29, 0.717) is 0 Å². The van der Waals surface area contributed by atoms with Crippen molar-refractivity contribution in [2.24, 2.45) is 0 Å². The van der Waals surface area contributed by atoms with Gasteiger partial charge in [0.2, 0.25) is 0 Å². The second-order valence-corrected chi connectivity index (χ2v) is 7.31. The lowest BCUT2D eigenvalue weighted by Crippen LogP contribution is -2.44. The maximum absolute atomic E-state index is 13.0. The van der Waals surface area contributed by atoms with Crippen LogP contribution in [0.3, 0.4) is 0 Å². The third-order valence-corrected chi connectivity index (χ3v) is 5.51. The van der Waals surface area contributed by atoms with E-state index in [1.54, 1.807) is 0 Å². The van der Waals surface area contributed by atoms with E-state index in [4.69, 9.17) is 0 Å². The summed E-state index contributed by atoms with van der Waals surface area (Å²) < 4.78 is 0. The van der Waals surface area contributed by atoms with Crippen molar-refractivity contribution >= 4 is 28.6 Å². The molecule has 0 spiro atoms. The van der Waals surface area contributed by atoms with E-state index in [9.17, 15) is 4.79 Å². The Morgan fingerprint density at radius 2 is 1.80 bits per heavy atom. The van der Waals surface area contributed by atoms with Crippen LogP contribution in [0.5, 0.6) is 0 Å². The number of thiophene rings is 1. The Balaban J connectivity index is 1.69. The molecule has 3 aromatic rings. The Kier molecular flexibility index (Phi) is 4.28. The fraction of sp³-hybridized carbons (Fsp3) is 0.190. The number of anilines is 2. The lowest BCUT2D eigenvalue weighted by Gasteiger charge is -2.39. The number of amides is 1. The summed E-state index contributed by atoms with van der Waals surface area (Å²) in [6.07, 6.45) is 0.878. The van der Waals surface area contributed by atoms with Gasteiger partial charge in [0.15, 0.2) is 0 Å². The Morgan fingerprint density at radius 1 is 1.04 bits per heavy atom. The molecule has 0 aliphatic carbocycles.